The number of unbranched alkanes of at least 4 members (excludes halogenated alkanes) is 15. The van der Waals surface area contributed by atoms with Gasteiger partial charge in [-0.15, -0.1) is 0 Å². The Morgan fingerprint density at radius 2 is 1.03 bits per heavy atom. The third-order valence-corrected chi connectivity index (χ3v) is 7.35. The molecule has 0 saturated carbocycles. The zero-order valence-corrected chi connectivity index (χ0v) is 25.6. The van der Waals surface area contributed by atoms with Crippen LogP contribution in [0.15, 0.2) is 0 Å². The summed E-state index contributed by atoms with van der Waals surface area (Å²) < 4.78 is 30.2. The van der Waals surface area contributed by atoms with E-state index in [1.54, 1.807) is 0 Å². The van der Waals surface area contributed by atoms with Crippen LogP contribution in [0, 0.1) is 0 Å². The van der Waals surface area contributed by atoms with Crippen LogP contribution < -0.4 is 5.73 Å². The molecule has 0 aliphatic carbocycles. The molecule has 0 fully saturated rings. The number of rotatable bonds is 21. The molecule has 2 radical (unpaired) electrons. The van der Waals surface area contributed by atoms with Gasteiger partial charge in [-0.05, 0) is 6.42 Å². The van der Waals surface area contributed by atoms with Crippen LogP contribution in [0.3, 0.4) is 0 Å². The van der Waals surface area contributed by atoms with Crippen molar-refractivity contribution < 1.29 is 27.7 Å². The Hall–Kier alpha value is 0.850. The van der Waals surface area contributed by atoms with Gasteiger partial charge in [-0.1, -0.05) is 110 Å². The van der Waals surface area contributed by atoms with E-state index >= 15 is 0 Å². The maximum atomic E-state index is 11.6. The number of carboxylic acids is 1. The summed E-state index contributed by atoms with van der Waals surface area (Å²) in [6.45, 7) is 2.24. The molecule has 0 aromatic heterocycles. The number of primary amides is 1. The summed E-state index contributed by atoms with van der Waals surface area (Å²) in [6, 6.07) is 0. The number of carboxylic acid groups (broad SMARTS) is 1. The maximum absolute atomic E-state index is 11.6. The standard InChI is InChI=1S/C22H43NO6S.2Na/c1-2-3-4-5-6-7-8-9-10-11-12-13-14-15-16-17-18-22(21(23)26,19-20(24)25)30(27,28)29;;/h2-19H2,1H3,(H2,23,26)(H,24,25)(H,27,28,29);;. The zero-order valence-electron chi connectivity index (χ0n) is 20.7. The predicted octanol–water partition coefficient (Wildman–Crippen LogP) is 4.46. The molecule has 0 heterocycles. The first-order valence-corrected chi connectivity index (χ1v) is 13.1. The molecule has 1 unspecified atom stereocenters. The fraction of sp³-hybridized carbons (Fsp3) is 0.909. The number of amides is 1. The minimum atomic E-state index is -4.90. The smallest absolute Gasteiger partial charge is 0.305 e. The second-order valence-corrected chi connectivity index (χ2v) is 10.2. The van der Waals surface area contributed by atoms with Crippen LogP contribution in [-0.4, -0.2) is 93.8 Å². The topological polar surface area (TPSA) is 135 Å². The van der Waals surface area contributed by atoms with Gasteiger partial charge in [-0.25, -0.2) is 0 Å². The molecular formula is C22H43NNa2O6S. The number of hydrogen-bond donors (Lipinski definition) is 3. The summed E-state index contributed by atoms with van der Waals surface area (Å²) in [7, 11) is -4.90. The predicted molar refractivity (Wildman–Crippen MR) is 131 cm³/mol. The van der Waals surface area contributed by atoms with Crippen LogP contribution in [0.5, 0.6) is 0 Å². The summed E-state index contributed by atoms with van der Waals surface area (Å²) in [6.07, 6.45) is 17.2. The number of carbonyl (C=O) groups excluding carboxylic acids is 1. The molecule has 1 atom stereocenters. The van der Waals surface area contributed by atoms with Crippen LogP contribution in [0.4, 0.5) is 0 Å². The molecule has 0 aliphatic rings. The Balaban J connectivity index is -0.00000420. The third kappa shape index (κ3) is 17.3. The average molecular weight is 496 g/mol. The average Bonchev–Trinajstić information content (AvgIpc) is 2.65. The number of carbonyl (C=O) groups is 2. The fourth-order valence-electron chi connectivity index (χ4n) is 3.85. The minimum absolute atomic E-state index is 0. The van der Waals surface area contributed by atoms with Crippen molar-refractivity contribution in [1.82, 2.24) is 0 Å². The summed E-state index contributed by atoms with van der Waals surface area (Å²) in [5.74, 6) is -2.80. The van der Waals surface area contributed by atoms with Crippen molar-refractivity contribution in [2.24, 2.45) is 5.73 Å². The van der Waals surface area contributed by atoms with Gasteiger partial charge in [0.25, 0.3) is 10.1 Å². The molecule has 0 aromatic carbocycles. The molecule has 0 aromatic rings. The molecule has 10 heteroatoms. The van der Waals surface area contributed by atoms with Crippen molar-refractivity contribution in [3.63, 3.8) is 0 Å². The van der Waals surface area contributed by atoms with E-state index in [4.69, 9.17) is 10.8 Å². The van der Waals surface area contributed by atoms with Crippen LogP contribution in [0.25, 0.3) is 0 Å². The molecule has 32 heavy (non-hydrogen) atoms. The van der Waals surface area contributed by atoms with Crippen LogP contribution in [0.2, 0.25) is 0 Å². The van der Waals surface area contributed by atoms with E-state index in [-0.39, 0.29) is 65.5 Å². The van der Waals surface area contributed by atoms with Gasteiger partial charge in [0.05, 0.1) is 6.42 Å². The van der Waals surface area contributed by atoms with Crippen LogP contribution in [-0.2, 0) is 19.7 Å². The maximum Gasteiger partial charge on any atom is 0.305 e. The van der Waals surface area contributed by atoms with Crippen molar-refractivity contribution in [2.75, 3.05) is 0 Å². The second-order valence-electron chi connectivity index (χ2n) is 8.46. The van der Waals surface area contributed by atoms with Crippen molar-refractivity contribution in [3.05, 3.63) is 0 Å². The minimum Gasteiger partial charge on any atom is -0.481 e. The normalized spacial score (nSPS) is 12.9. The van der Waals surface area contributed by atoms with Crippen molar-refractivity contribution >= 4 is 81.1 Å². The van der Waals surface area contributed by atoms with Crippen molar-refractivity contribution in [3.8, 4) is 0 Å². The number of hydrogen-bond acceptors (Lipinski definition) is 4. The van der Waals surface area contributed by atoms with Gasteiger partial charge >= 0.3 is 5.97 Å². The van der Waals surface area contributed by atoms with Crippen molar-refractivity contribution in [1.29, 1.82) is 0 Å². The molecule has 0 bridgehead atoms. The van der Waals surface area contributed by atoms with Gasteiger partial charge in [-0.2, -0.15) is 8.42 Å². The molecule has 0 rings (SSSR count). The Morgan fingerprint density at radius 3 is 1.28 bits per heavy atom. The molecule has 1 amide bonds. The summed E-state index contributed by atoms with van der Waals surface area (Å²) in [5, 5.41) is 8.91. The first-order chi connectivity index (χ1) is 14.2. The van der Waals surface area contributed by atoms with Gasteiger partial charge < -0.3 is 10.8 Å². The first kappa shape index (κ1) is 37.4. The zero-order chi connectivity index (χ0) is 22.9. The van der Waals surface area contributed by atoms with Gasteiger partial charge in [0, 0.05) is 59.1 Å². The van der Waals surface area contributed by atoms with Gasteiger partial charge in [0.2, 0.25) is 5.91 Å². The first-order valence-electron chi connectivity index (χ1n) is 11.7. The largest absolute Gasteiger partial charge is 0.481 e. The Morgan fingerprint density at radius 1 is 0.719 bits per heavy atom. The van der Waals surface area contributed by atoms with E-state index in [0.29, 0.717) is 12.8 Å². The fourth-order valence-corrected chi connectivity index (χ4v) is 4.81. The Bertz CT molecular complexity index is 589. The molecule has 0 spiro atoms. The van der Waals surface area contributed by atoms with E-state index < -0.39 is 33.2 Å². The van der Waals surface area contributed by atoms with E-state index in [1.165, 1.54) is 70.6 Å². The Kier molecular flexibility index (Phi) is 26.1. The SMILES string of the molecule is CCCCCCCCCCCCCCCCCCC(CC(=O)O)(C(N)=O)S(=O)(=O)O.[Na].[Na]. The molecule has 180 valence electrons. The number of aliphatic carboxylic acids is 1. The molecule has 7 nitrogen and oxygen atoms in total. The second kappa shape index (κ2) is 22.3. The van der Waals surface area contributed by atoms with E-state index in [9.17, 15) is 22.6 Å². The summed E-state index contributed by atoms with van der Waals surface area (Å²) in [5.41, 5.74) is 5.13. The molecular weight excluding hydrogens is 452 g/mol. The van der Waals surface area contributed by atoms with E-state index in [2.05, 4.69) is 6.92 Å². The molecule has 0 aliphatic heterocycles. The molecule has 4 N–H and O–H groups in total. The summed E-state index contributed by atoms with van der Waals surface area (Å²) in [4.78, 5) is 22.6. The summed E-state index contributed by atoms with van der Waals surface area (Å²) >= 11 is 0. The monoisotopic (exact) mass is 495 g/mol. The van der Waals surface area contributed by atoms with Gasteiger partial charge in [0.15, 0.2) is 4.75 Å². The van der Waals surface area contributed by atoms with Crippen LogP contribution >= 0.6 is 0 Å². The van der Waals surface area contributed by atoms with Gasteiger partial charge in [-0.3, -0.25) is 14.1 Å². The molecule has 0 saturated heterocycles. The Labute approximate surface area is 239 Å². The quantitative estimate of drug-likeness (QED) is 0.122. The number of nitrogens with two attached hydrogens (primary N) is 1. The van der Waals surface area contributed by atoms with E-state index in [0.717, 1.165) is 19.3 Å². The van der Waals surface area contributed by atoms with Crippen LogP contribution in [0.1, 0.15) is 122 Å². The van der Waals surface area contributed by atoms with E-state index in [1.807, 2.05) is 0 Å². The van der Waals surface area contributed by atoms with Crippen molar-refractivity contribution in [2.45, 2.75) is 127 Å². The van der Waals surface area contributed by atoms with Gasteiger partial charge in [0.1, 0.15) is 0 Å². The third-order valence-electron chi connectivity index (χ3n) is 5.81.